The molecule has 1 aromatic heterocycles. The third-order valence-corrected chi connectivity index (χ3v) is 5.20. The fourth-order valence-corrected chi connectivity index (χ4v) is 3.61. The molecule has 27 heavy (non-hydrogen) atoms. The van der Waals surface area contributed by atoms with Gasteiger partial charge in [0.2, 0.25) is 5.91 Å². The van der Waals surface area contributed by atoms with Crippen molar-refractivity contribution < 1.29 is 9.18 Å². The number of para-hydroxylation sites is 1. The van der Waals surface area contributed by atoms with Gasteiger partial charge >= 0.3 is 0 Å². The monoisotopic (exact) mass is 385 g/mol. The van der Waals surface area contributed by atoms with Crippen LogP contribution in [0.2, 0.25) is 0 Å². The molecule has 1 heterocycles. The minimum Gasteiger partial charge on any atom is -0.335 e. The van der Waals surface area contributed by atoms with E-state index in [1.807, 2.05) is 13.0 Å². The molecule has 0 aliphatic rings. The molecule has 0 fully saturated rings. The number of halogens is 1. The molecule has 0 aliphatic heterocycles. The molecule has 0 unspecified atom stereocenters. The van der Waals surface area contributed by atoms with Crippen LogP contribution in [0.15, 0.2) is 58.2 Å². The van der Waals surface area contributed by atoms with Crippen molar-refractivity contribution in [2.24, 2.45) is 0 Å². The number of carbonyl (C=O) groups is 1. The van der Waals surface area contributed by atoms with Crippen LogP contribution in [-0.2, 0) is 11.3 Å². The normalized spacial score (nSPS) is 10.9. The van der Waals surface area contributed by atoms with Crippen molar-refractivity contribution in [2.45, 2.75) is 24.8 Å². The van der Waals surface area contributed by atoms with Crippen LogP contribution in [0.1, 0.15) is 19.2 Å². The van der Waals surface area contributed by atoms with Gasteiger partial charge in [0.15, 0.2) is 0 Å². The number of nitrogens with zero attached hydrogens (tertiary/aromatic N) is 2. The van der Waals surface area contributed by atoms with Crippen LogP contribution in [0.5, 0.6) is 0 Å². The van der Waals surface area contributed by atoms with Gasteiger partial charge in [0.1, 0.15) is 11.6 Å². The van der Waals surface area contributed by atoms with Gasteiger partial charge in [0.25, 0.3) is 5.56 Å². The summed E-state index contributed by atoms with van der Waals surface area (Å²) in [4.78, 5) is 34.0. The molecule has 0 saturated carbocycles. The third kappa shape index (κ3) is 4.74. The van der Waals surface area contributed by atoms with E-state index in [0.717, 1.165) is 0 Å². The van der Waals surface area contributed by atoms with Gasteiger partial charge in [0.05, 0.1) is 17.4 Å². The first kappa shape index (κ1) is 19.1. The molecule has 140 valence electrons. The molecule has 7 heteroatoms. The molecule has 0 spiro atoms. The van der Waals surface area contributed by atoms with Crippen LogP contribution in [0.3, 0.4) is 0 Å². The lowest BCUT2D eigenvalue weighted by Gasteiger charge is -2.20. The topological polar surface area (TPSA) is 66.1 Å². The zero-order valence-electron chi connectivity index (χ0n) is 14.9. The molecular formula is C20H20FN3O2S. The second kappa shape index (κ2) is 8.81. The van der Waals surface area contributed by atoms with Gasteiger partial charge < -0.3 is 9.88 Å². The number of carbonyl (C=O) groups excluding carboxylic acids is 1. The van der Waals surface area contributed by atoms with Crippen LogP contribution < -0.4 is 5.56 Å². The van der Waals surface area contributed by atoms with E-state index in [2.05, 4.69) is 9.97 Å². The summed E-state index contributed by atoms with van der Waals surface area (Å²) in [5.74, 6) is 0.603. The molecular weight excluding hydrogens is 365 g/mol. The second-order valence-electron chi connectivity index (χ2n) is 5.97. The van der Waals surface area contributed by atoms with E-state index in [9.17, 15) is 14.0 Å². The Labute approximate surface area is 160 Å². The molecule has 0 atom stereocenters. The fraction of sp³-hybridized carbons (Fsp3) is 0.250. The summed E-state index contributed by atoms with van der Waals surface area (Å²) >= 11 is 1.32. The molecule has 0 bridgehead atoms. The van der Waals surface area contributed by atoms with E-state index < -0.39 is 0 Å². The highest BCUT2D eigenvalue weighted by Gasteiger charge is 2.14. The summed E-state index contributed by atoms with van der Waals surface area (Å²) in [6.07, 6.45) is 0.282. The van der Waals surface area contributed by atoms with Gasteiger partial charge in [-0.25, -0.2) is 9.37 Å². The number of aromatic amines is 1. The maximum Gasteiger partial charge on any atom is 0.258 e. The van der Waals surface area contributed by atoms with Crippen LogP contribution in [-0.4, -0.2) is 33.1 Å². The second-order valence-corrected chi connectivity index (χ2v) is 7.10. The average Bonchev–Trinajstić information content (AvgIpc) is 2.67. The Hall–Kier alpha value is -2.67. The molecule has 0 aliphatic carbocycles. The number of benzene rings is 2. The zero-order chi connectivity index (χ0) is 19.2. The number of amides is 1. The van der Waals surface area contributed by atoms with E-state index in [4.69, 9.17) is 0 Å². The van der Waals surface area contributed by atoms with Crippen molar-refractivity contribution in [3.8, 4) is 0 Å². The lowest BCUT2D eigenvalue weighted by Crippen LogP contribution is -2.32. The van der Waals surface area contributed by atoms with E-state index in [1.54, 1.807) is 41.3 Å². The van der Waals surface area contributed by atoms with Crippen molar-refractivity contribution in [3.63, 3.8) is 0 Å². The number of nitrogens with one attached hydrogen (secondary N) is 1. The number of hydrogen-bond donors (Lipinski definition) is 1. The van der Waals surface area contributed by atoms with Crippen LogP contribution in [0.25, 0.3) is 10.9 Å². The Kier molecular flexibility index (Phi) is 6.24. The average molecular weight is 385 g/mol. The lowest BCUT2D eigenvalue weighted by molar-refractivity contribution is -0.131. The summed E-state index contributed by atoms with van der Waals surface area (Å²) in [7, 11) is 0. The Morgan fingerprint density at radius 2 is 1.93 bits per heavy atom. The number of aromatic nitrogens is 2. The van der Waals surface area contributed by atoms with Crippen molar-refractivity contribution in [2.75, 3.05) is 12.3 Å². The minimum absolute atomic E-state index is 0.0582. The summed E-state index contributed by atoms with van der Waals surface area (Å²) in [5, 5.41) is 0.525. The maximum atomic E-state index is 13.6. The maximum absolute atomic E-state index is 13.6. The van der Waals surface area contributed by atoms with Crippen molar-refractivity contribution in [3.05, 3.63) is 70.5 Å². The zero-order valence-corrected chi connectivity index (χ0v) is 15.8. The molecule has 3 aromatic rings. The van der Waals surface area contributed by atoms with Crippen LogP contribution in [0, 0.1) is 5.82 Å². The standard InChI is InChI=1S/C20H20FN3O2S/c1-2-24(19(25)11-12-27-17-10-6-4-8-15(17)21)13-18-22-16-9-5-3-7-14(16)20(26)23-18/h3-10H,2,11-13H2,1H3,(H,22,23,26). The number of fused-ring (bicyclic) bond motifs is 1. The summed E-state index contributed by atoms with van der Waals surface area (Å²) in [5.41, 5.74) is 0.393. The van der Waals surface area contributed by atoms with Gasteiger partial charge in [-0.1, -0.05) is 24.3 Å². The predicted octanol–water partition coefficient (Wildman–Crippen LogP) is 3.59. The summed E-state index contributed by atoms with van der Waals surface area (Å²) < 4.78 is 13.6. The number of rotatable bonds is 7. The van der Waals surface area contributed by atoms with E-state index in [-0.39, 0.29) is 30.2 Å². The molecule has 0 saturated heterocycles. The third-order valence-electron chi connectivity index (χ3n) is 4.15. The Balaban J connectivity index is 1.63. The lowest BCUT2D eigenvalue weighted by atomic mass is 10.2. The Morgan fingerprint density at radius 1 is 1.19 bits per heavy atom. The Bertz CT molecular complexity index is 1010. The van der Waals surface area contributed by atoms with Gasteiger partial charge in [0, 0.05) is 23.6 Å². The highest BCUT2D eigenvalue weighted by atomic mass is 32.2. The number of thioether (sulfide) groups is 1. The van der Waals surface area contributed by atoms with E-state index in [0.29, 0.717) is 33.9 Å². The minimum atomic E-state index is -0.278. The first-order valence-electron chi connectivity index (χ1n) is 8.71. The molecule has 5 nitrogen and oxygen atoms in total. The molecule has 2 aromatic carbocycles. The van der Waals surface area contributed by atoms with Gasteiger partial charge in [-0.2, -0.15) is 0 Å². The van der Waals surface area contributed by atoms with Crippen LogP contribution in [0.4, 0.5) is 4.39 Å². The molecule has 1 N–H and O–H groups in total. The smallest absolute Gasteiger partial charge is 0.258 e. The van der Waals surface area contributed by atoms with E-state index in [1.165, 1.54) is 17.8 Å². The summed E-state index contributed by atoms with van der Waals surface area (Å²) in [6.45, 7) is 2.61. The predicted molar refractivity (Wildman–Crippen MR) is 105 cm³/mol. The van der Waals surface area contributed by atoms with Crippen molar-refractivity contribution in [1.29, 1.82) is 0 Å². The van der Waals surface area contributed by atoms with Gasteiger partial charge in [-0.3, -0.25) is 9.59 Å². The van der Waals surface area contributed by atoms with Crippen LogP contribution >= 0.6 is 11.8 Å². The molecule has 1 amide bonds. The highest BCUT2D eigenvalue weighted by Crippen LogP contribution is 2.22. The van der Waals surface area contributed by atoms with Crippen molar-refractivity contribution in [1.82, 2.24) is 14.9 Å². The SMILES string of the molecule is CCN(Cc1nc2ccccc2c(=O)[nH]1)C(=O)CCSc1ccccc1F. The molecule has 0 radical (unpaired) electrons. The van der Waals surface area contributed by atoms with Crippen molar-refractivity contribution >= 4 is 28.6 Å². The van der Waals surface area contributed by atoms with Gasteiger partial charge in [-0.05, 0) is 31.2 Å². The first-order chi connectivity index (χ1) is 13.1. The Morgan fingerprint density at radius 3 is 2.70 bits per heavy atom. The molecule has 3 rings (SSSR count). The van der Waals surface area contributed by atoms with E-state index >= 15 is 0 Å². The number of hydrogen-bond acceptors (Lipinski definition) is 4. The first-order valence-corrected chi connectivity index (χ1v) is 9.70. The fourth-order valence-electron chi connectivity index (χ4n) is 2.74. The number of H-pyrrole nitrogens is 1. The quantitative estimate of drug-likeness (QED) is 0.631. The summed E-state index contributed by atoms with van der Waals surface area (Å²) in [6, 6.07) is 13.6. The highest BCUT2D eigenvalue weighted by molar-refractivity contribution is 7.99. The van der Waals surface area contributed by atoms with Gasteiger partial charge in [-0.15, -0.1) is 11.8 Å². The largest absolute Gasteiger partial charge is 0.335 e.